The Kier molecular flexibility index (Phi) is 7.56. The average Bonchev–Trinajstić information content (AvgIpc) is 2.41. The Morgan fingerprint density at radius 3 is 2.47 bits per heavy atom. The summed E-state index contributed by atoms with van der Waals surface area (Å²) in [6.07, 6.45) is 0.134. The summed E-state index contributed by atoms with van der Waals surface area (Å²) in [5.74, 6) is 0.792. The maximum atomic E-state index is 5.59. The lowest BCUT2D eigenvalue weighted by molar-refractivity contribution is -0.00713. The standard InChI is InChI=1S/C14H23BO4/c1-5-18-12(2)10-17-11-13-6-8-14(9-7-13)19-15(3)16-4/h6-9,12H,5,10-11H2,1-4H3/t12-/m1/s1. The van der Waals surface area contributed by atoms with Crippen molar-refractivity contribution in [2.24, 2.45) is 0 Å². The summed E-state index contributed by atoms with van der Waals surface area (Å²) in [6.45, 7) is 7.74. The molecule has 19 heavy (non-hydrogen) atoms. The Labute approximate surface area is 116 Å². The highest BCUT2D eigenvalue weighted by Gasteiger charge is 2.09. The van der Waals surface area contributed by atoms with Gasteiger partial charge in [0.15, 0.2) is 0 Å². The van der Waals surface area contributed by atoms with Crippen LogP contribution in [0.4, 0.5) is 0 Å². The normalized spacial score (nSPS) is 12.2. The van der Waals surface area contributed by atoms with Crippen LogP contribution in [0.2, 0.25) is 6.82 Å². The van der Waals surface area contributed by atoms with E-state index in [0.717, 1.165) is 11.3 Å². The second kappa shape index (κ2) is 8.96. The van der Waals surface area contributed by atoms with E-state index in [9.17, 15) is 0 Å². The molecule has 5 heteroatoms. The van der Waals surface area contributed by atoms with Gasteiger partial charge in [0.1, 0.15) is 5.75 Å². The van der Waals surface area contributed by atoms with Crippen LogP contribution in [0.15, 0.2) is 24.3 Å². The Morgan fingerprint density at radius 1 is 1.21 bits per heavy atom. The van der Waals surface area contributed by atoms with Gasteiger partial charge in [-0.15, -0.1) is 0 Å². The van der Waals surface area contributed by atoms with E-state index in [1.807, 2.05) is 44.9 Å². The number of rotatable bonds is 9. The molecule has 1 rings (SSSR count). The van der Waals surface area contributed by atoms with Gasteiger partial charge < -0.3 is 18.8 Å². The maximum Gasteiger partial charge on any atom is 0.521 e. The molecular weight excluding hydrogens is 243 g/mol. The molecule has 0 saturated carbocycles. The molecule has 0 aromatic heterocycles. The molecule has 0 aliphatic rings. The molecular formula is C14H23BO4. The molecule has 0 N–H and O–H groups in total. The predicted molar refractivity (Wildman–Crippen MR) is 76.4 cm³/mol. The molecule has 0 aliphatic carbocycles. The van der Waals surface area contributed by atoms with E-state index in [1.165, 1.54) is 0 Å². The van der Waals surface area contributed by atoms with Crippen molar-refractivity contribution in [3.63, 3.8) is 0 Å². The second-order valence-electron chi connectivity index (χ2n) is 4.35. The van der Waals surface area contributed by atoms with Crippen molar-refractivity contribution < 1.29 is 18.8 Å². The van der Waals surface area contributed by atoms with Crippen LogP contribution in [-0.2, 0) is 20.7 Å². The fourth-order valence-corrected chi connectivity index (χ4v) is 1.58. The molecule has 0 aliphatic heterocycles. The summed E-state index contributed by atoms with van der Waals surface area (Å²) in [6, 6.07) is 7.81. The minimum absolute atomic E-state index is 0.134. The lowest BCUT2D eigenvalue weighted by Gasteiger charge is -2.12. The van der Waals surface area contributed by atoms with Gasteiger partial charge in [-0.2, -0.15) is 0 Å². The number of ether oxygens (including phenoxy) is 2. The lowest BCUT2D eigenvalue weighted by Crippen LogP contribution is -2.19. The van der Waals surface area contributed by atoms with Crippen LogP contribution in [0.3, 0.4) is 0 Å². The summed E-state index contributed by atoms with van der Waals surface area (Å²) >= 11 is 0. The summed E-state index contributed by atoms with van der Waals surface area (Å²) < 4.78 is 21.5. The molecule has 0 radical (unpaired) electrons. The first kappa shape index (κ1) is 16.0. The molecule has 106 valence electrons. The quantitative estimate of drug-likeness (QED) is 0.644. The number of benzene rings is 1. The van der Waals surface area contributed by atoms with Crippen LogP contribution in [0.5, 0.6) is 5.75 Å². The van der Waals surface area contributed by atoms with E-state index in [2.05, 4.69) is 0 Å². The van der Waals surface area contributed by atoms with Crippen molar-refractivity contribution >= 4 is 7.12 Å². The average molecular weight is 266 g/mol. The third-order valence-corrected chi connectivity index (χ3v) is 2.63. The second-order valence-corrected chi connectivity index (χ2v) is 4.35. The summed E-state index contributed by atoms with van der Waals surface area (Å²) in [5.41, 5.74) is 1.11. The largest absolute Gasteiger partial charge is 0.536 e. The van der Waals surface area contributed by atoms with Crippen molar-refractivity contribution in [2.45, 2.75) is 33.4 Å². The van der Waals surface area contributed by atoms with Gasteiger partial charge in [0.25, 0.3) is 0 Å². The molecule has 0 bridgehead atoms. The first-order valence-corrected chi connectivity index (χ1v) is 6.63. The summed E-state index contributed by atoms with van der Waals surface area (Å²) in [7, 11) is 1.38. The smallest absolute Gasteiger partial charge is 0.521 e. The third kappa shape index (κ3) is 6.62. The van der Waals surface area contributed by atoms with Gasteiger partial charge in [-0.1, -0.05) is 12.1 Å². The SMILES string of the molecule is CCO[C@H](C)COCc1ccc(OB(C)OC)cc1. The summed E-state index contributed by atoms with van der Waals surface area (Å²) in [5, 5.41) is 0. The lowest BCUT2D eigenvalue weighted by atomic mass is 9.95. The molecule has 0 fully saturated rings. The van der Waals surface area contributed by atoms with Gasteiger partial charge in [0.2, 0.25) is 0 Å². The fraction of sp³-hybridized carbons (Fsp3) is 0.571. The Morgan fingerprint density at radius 2 is 1.89 bits per heavy atom. The highest BCUT2D eigenvalue weighted by molar-refractivity contribution is 6.43. The zero-order valence-corrected chi connectivity index (χ0v) is 12.2. The van der Waals surface area contributed by atoms with Crippen molar-refractivity contribution in [3.05, 3.63) is 29.8 Å². The molecule has 0 spiro atoms. The molecule has 1 aromatic carbocycles. The zero-order valence-electron chi connectivity index (χ0n) is 12.2. The minimum Gasteiger partial charge on any atom is -0.536 e. The van der Waals surface area contributed by atoms with Gasteiger partial charge >= 0.3 is 7.12 Å². The fourth-order valence-electron chi connectivity index (χ4n) is 1.58. The van der Waals surface area contributed by atoms with E-state index >= 15 is 0 Å². The highest BCUT2D eigenvalue weighted by Crippen LogP contribution is 2.14. The minimum atomic E-state index is -0.242. The van der Waals surface area contributed by atoms with Gasteiger partial charge in [-0.3, -0.25) is 0 Å². The predicted octanol–water partition coefficient (Wildman–Crippen LogP) is 2.77. The highest BCUT2D eigenvalue weighted by atomic mass is 16.6. The van der Waals surface area contributed by atoms with Crippen molar-refractivity contribution in [3.8, 4) is 5.75 Å². The number of hydrogen-bond acceptors (Lipinski definition) is 4. The first-order chi connectivity index (χ1) is 9.15. The van der Waals surface area contributed by atoms with E-state index < -0.39 is 0 Å². The van der Waals surface area contributed by atoms with Gasteiger partial charge in [0, 0.05) is 13.7 Å². The topological polar surface area (TPSA) is 36.9 Å². The van der Waals surface area contributed by atoms with Crippen molar-refractivity contribution in [1.29, 1.82) is 0 Å². The van der Waals surface area contributed by atoms with Crippen molar-refractivity contribution in [1.82, 2.24) is 0 Å². The van der Waals surface area contributed by atoms with E-state index in [0.29, 0.717) is 19.8 Å². The van der Waals surface area contributed by atoms with Gasteiger partial charge in [-0.25, -0.2) is 0 Å². The van der Waals surface area contributed by atoms with Crippen molar-refractivity contribution in [2.75, 3.05) is 20.3 Å². The Bertz CT molecular complexity index is 342. The Balaban J connectivity index is 2.32. The van der Waals surface area contributed by atoms with Crippen LogP contribution < -0.4 is 4.65 Å². The Hall–Kier alpha value is -1.04. The van der Waals surface area contributed by atoms with Crippen LogP contribution >= 0.6 is 0 Å². The molecule has 0 saturated heterocycles. The van der Waals surface area contributed by atoms with Gasteiger partial charge in [-0.05, 0) is 38.4 Å². The first-order valence-electron chi connectivity index (χ1n) is 6.63. The van der Waals surface area contributed by atoms with E-state index in [-0.39, 0.29) is 13.2 Å². The summed E-state index contributed by atoms with van der Waals surface area (Å²) in [4.78, 5) is 0. The molecule has 0 amide bonds. The van der Waals surface area contributed by atoms with E-state index in [1.54, 1.807) is 7.11 Å². The molecule has 1 atom stereocenters. The molecule has 0 unspecified atom stereocenters. The van der Waals surface area contributed by atoms with Crippen LogP contribution in [0, 0.1) is 0 Å². The van der Waals surface area contributed by atoms with Crippen LogP contribution in [-0.4, -0.2) is 33.5 Å². The number of hydrogen-bond donors (Lipinski definition) is 0. The molecule has 0 heterocycles. The van der Waals surface area contributed by atoms with E-state index in [4.69, 9.17) is 18.8 Å². The molecule has 4 nitrogen and oxygen atoms in total. The molecule has 1 aromatic rings. The van der Waals surface area contributed by atoms with Crippen LogP contribution in [0.1, 0.15) is 19.4 Å². The maximum absolute atomic E-state index is 5.59. The van der Waals surface area contributed by atoms with Crippen LogP contribution in [0.25, 0.3) is 0 Å². The zero-order chi connectivity index (χ0) is 14.1. The third-order valence-electron chi connectivity index (χ3n) is 2.63. The monoisotopic (exact) mass is 266 g/mol. The van der Waals surface area contributed by atoms with Gasteiger partial charge in [0.05, 0.1) is 19.3 Å².